The largest absolute Gasteiger partial charge is 0.468 e. The molecular formula is C23H21N3O6S2. The number of ether oxygens (including phenoxy) is 1. The van der Waals surface area contributed by atoms with Gasteiger partial charge in [0.2, 0.25) is 10.0 Å². The number of carbonyl (C=O) groups excluding carboxylic acids is 2. The van der Waals surface area contributed by atoms with Crippen molar-refractivity contribution in [1.29, 1.82) is 0 Å². The zero-order valence-corrected chi connectivity index (χ0v) is 20.0. The lowest BCUT2D eigenvalue weighted by Crippen LogP contribution is -2.26. The van der Waals surface area contributed by atoms with Crippen molar-refractivity contribution in [2.24, 2.45) is 0 Å². The van der Waals surface area contributed by atoms with Gasteiger partial charge in [-0.1, -0.05) is 11.3 Å². The molecule has 0 atom stereocenters. The summed E-state index contributed by atoms with van der Waals surface area (Å²) in [4.78, 5) is 29.0. The van der Waals surface area contributed by atoms with E-state index < -0.39 is 21.9 Å². The van der Waals surface area contributed by atoms with Crippen LogP contribution >= 0.6 is 11.3 Å². The van der Waals surface area contributed by atoms with E-state index in [4.69, 9.17) is 9.15 Å². The Balaban J connectivity index is 1.46. The maximum atomic E-state index is 12.8. The van der Waals surface area contributed by atoms with Crippen LogP contribution in [0.1, 0.15) is 33.4 Å². The van der Waals surface area contributed by atoms with E-state index in [0.717, 1.165) is 4.70 Å². The van der Waals surface area contributed by atoms with E-state index in [9.17, 15) is 18.0 Å². The first-order chi connectivity index (χ1) is 16.3. The van der Waals surface area contributed by atoms with Crippen LogP contribution in [-0.4, -0.2) is 43.2 Å². The summed E-state index contributed by atoms with van der Waals surface area (Å²) in [5.41, 5.74) is 1.32. The van der Waals surface area contributed by atoms with Crippen LogP contribution in [0.3, 0.4) is 0 Å². The molecule has 0 aliphatic carbocycles. The number of carbonyl (C=O) groups is 2. The Hall–Kier alpha value is -3.54. The second-order valence-corrected chi connectivity index (χ2v) is 10.3. The molecule has 0 radical (unpaired) electrons. The van der Waals surface area contributed by atoms with Crippen LogP contribution in [0.5, 0.6) is 0 Å². The minimum atomic E-state index is -3.76. The zero-order valence-electron chi connectivity index (χ0n) is 18.3. The number of thiazole rings is 1. The maximum absolute atomic E-state index is 12.8. The minimum Gasteiger partial charge on any atom is -0.468 e. The molecule has 1 N–H and O–H groups in total. The molecule has 4 aromatic rings. The molecule has 0 bridgehead atoms. The van der Waals surface area contributed by atoms with Gasteiger partial charge in [0.15, 0.2) is 5.13 Å². The van der Waals surface area contributed by atoms with Crippen LogP contribution < -0.4 is 5.32 Å². The number of amides is 1. The van der Waals surface area contributed by atoms with E-state index >= 15 is 0 Å². The van der Waals surface area contributed by atoms with Crippen molar-refractivity contribution in [3.05, 3.63) is 77.7 Å². The Morgan fingerprint density at radius 2 is 1.85 bits per heavy atom. The molecule has 0 saturated carbocycles. The highest BCUT2D eigenvalue weighted by atomic mass is 32.2. The van der Waals surface area contributed by atoms with E-state index in [1.807, 2.05) is 0 Å². The number of hydrogen-bond acceptors (Lipinski definition) is 8. The summed E-state index contributed by atoms with van der Waals surface area (Å²) >= 11 is 1.22. The van der Waals surface area contributed by atoms with Crippen molar-refractivity contribution in [2.45, 2.75) is 18.4 Å². The second kappa shape index (κ2) is 9.75. The number of furan rings is 1. The summed E-state index contributed by atoms with van der Waals surface area (Å²) < 4.78 is 37.7. The van der Waals surface area contributed by atoms with Gasteiger partial charge in [-0.2, -0.15) is 4.31 Å². The molecule has 176 valence electrons. The molecule has 0 fully saturated rings. The first kappa shape index (κ1) is 23.6. The predicted molar refractivity (Wildman–Crippen MR) is 127 cm³/mol. The highest BCUT2D eigenvalue weighted by molar-refractivity contribution is 7.89. The number of sulfonamides is 1. The van der Waals surface area contributed by atoms with Gasteiger partial charge in [-0.3, -0.25) is 10.1 Å². The number of fused-ring (bicyclic) bond motifs is 1. The molecule has 0 unspecified atom stereocenters. The van der Waals surface area contributed by atoms with Gasteiger partial charge in [-0.15, -0.1) is 0 Å². The summed E-state index contributed by atoms with van der Waals surface area (Å²) in [6.45, 7) is 2.10. The van der Waals surface area contributed by atoms with Crippen LogP contribution in [0.15, 0.2) is 70.2 Å². The average molecular weight is 500 g/mol. The van der Waals surface area contributed by atoms with Crippen LogP contribution in [0.4, 0.5) is 5.13 Å². The Labute approximate surface area is 200 Å². The van der Waals surface area contributed by atoms with Crippen molar-refractivity contribution in [1.82, 2.24) is 9.29 Å². The third-order valence-corrected chi connectivity index (χ3v) is 7.65. The van der Waals surface area contributed by atoms with Gasteiger partial charge in [0.25, 0.3) is 5.91 Å². The van der Waals surface area contributed by atoms with Crippen LogP contribution in [-0.2, 0) is 21.3 Å². The molecule has 0 saturated heterocycles. The van der Waals surface area contributed by atoms with Gasteiger partial charge < -0.3 is 9.15 Å². The molecule has 0 aliphatic heterocycles. The molecule has 1 amide bonds. The van der Waals surface area contributed by atoms with Crippen LogP contribution in [0, 0.1) is 0 Å². The summed E-state index contributed by atoms with van der Waals surface area (Å²) in [7, 11) is -2.30. The normalized spacial score (nSPS) is 11.6. The van der Waals surface area contributed by atoms with Crippen LogP contribution in [0.2, 0.25) is 0 Å². The third-order valence-electron chi connectivity index (χ3n) is 4.90. The first-order valence-corrected chi connectivity index (χ1v) is 12.5. The number of aromatic nitrogens is 1. The number of hydrogen-bond donors (Lipinski definition) is 1. The van der Waals surface area contributed by atoms with Crippen molar-refractivity contribution in [3.63, 3.8) is 0 Å². The van der Waals surface area contributed by atoms with Gasteiger partial charge in [-0.25, -0.2) is 18.2 Å². The number of nitrogens with one attached hydrogen (secondary N) is 1. The predicted octanol–water partition coefficient (Wildman–Crippen LogP) is 4.14. The summed E-state index contributed by atoms with van der Waals surface area (Å²) in [6, 6.07) is 14.0. The summed E-state index contributed by atoms with van der Waals surface area (Å²) in [5, 5.41) is 3.07. The number of anilines is 1. The lowest BCUT2D eigenvalue weighted by molar-refractivity contribution is 0.0526. The molecule has 11 heteroatoms. The highest BCUT2D eigenvalue weighted by Crippen LogP contribution is 2.27. The molecule has 2 heterocycles. The van der Waals surface area contributed by atoms with E-state index in [0.29, 0.717) is 22.0 Å². The van der Waals surface area contributed by atoms with E-state index in [1.165, 1.54) is 53.2 Å². The highest BCUT2D eigenvalue weighted by Gasteiger charge is 2.22. The van der Waals surface area contributed by atoms with Gasteiger partial charge >= 0.3 is 5.97 Å². The topological polar surface area (TPSA) is 119 Å². The lowest BCUT2D eigenvalue weighted by atomic mass is 10.2. The van der Waals surface area contributed by atoms with Gasteiger partial charge in [0.1, 0.15) is 5.76 Å². The summed E-state index contributed by atoms with van der Waals surface area (Å²) in [6.07, 6.45) is 1.48. The van der Waals surface area contributed by atoms with Gasteiger partial charge in [0.05, 0.1) is 40.1 Å². The molecule has 0 spiro atoms. The Bertz CT molecular complexity index is 1430. The number of rotatable bonds is 8. The molecule has 2 aromatic heterocycles. The molecule has 9 nitrogen and oxygen atoms in total. The SMILES string of the molecule is CCOC(=O)c1ccc2nc(NC(=O)c3ccc(S(=O)(=O)N(C)Cc4ccco4)cc3)sc2c1. The van der Waals surface area contributed by atoms with Crippen molar-refractivity contribution in [2.75, 3.05) is 19.0 Å². The summed E-state index contributed by atoms with van der Waals surface area (Å²) in [5.74, 6) is -0.335. The minimum absolute atomic E-state index is 0.0598. The van der Waals surface area contributed by atoms with E-state index in [1.54, 1.807) is 37.3 Å². The van der Waals surface area contributed by atoms with E-state index in [-0.39, 0.29) is 23.6 Å². The van der Waals surface area contributed by atoms with Gasteiger partial charge in [0, 0.05) is 12.6 Å². The smallest absolute Gasteiger partial charge is 0.338 e. The number of benzene rings is 2. The Morgan fingerprint density at radius 3 is 2.53 bits per heavy atom. The maximum Gasteiger partial charge on any atom is 0.338 e. The molecule has 34 heavy (non-hydrogen) atoms. The Morgan fingerprint density at radius 1 is 1.12 bits per heavy atom. The van der Waals surface area contributed by atoms with Crippen LogP contribution in [0.25, 0.3) is 10.2 Å². The molecule has 4 rings (SSSR count). The standard InChI is InChI=1S/C23H21N3O6S2/c1-3-31-22(28)16-8-11-19-20(13-16)33-23(24-19)25-21(27)15-6-9-18(10-7-15)34(29,30)26(2)14-17-5-4-12-32-17/h4-13H,3,14H2,1-2H3,(H,24,25,27). The lowest BCUT2D eigenvalue weighted by Gasteiger charge is -2.16. The monoisotopic (exact) mass is 499 g/mol. The van der Waals surface area contributed by atoms with Crippen molar-refractivity contribution >= 4 is 48.6 Å². The fourth-order valence-corrected chi connectivity index (χ4v) is 5.19. The quantitative estimate of drug-likeness (QED) is 0.362. The fraction of sp³-hybridized carbons (Fsp3) is 0.174. The fourth-order valence-electron chi connectivity index (χ4n) is 3.15. The number of esters is 1. The number of nitrogens with zero attached hydrogens (tertiary/aromatic N) is 2. The Kier molecular flexibility index (Phi) is 6.77. The molecule has 0 aliphatic rings. The van der Waals surface area contributed by atoms with Crippen molar-refractivity contribution in [3.8, 4) is 0 Å². The first-order valence-electron chi connectivity index (χ1n) is 10.3. The molecule has 2 aromatic carbocycles. The third kappa shape index (κ3) is 5.01. The van der Waals surface area contributed by atoms with Gasteiger partial charge in [-0.05, 0) is 61.5 Å². The average Bonchev–Trinajstić information content (AvgIpc) is 3.48. The molecular weight excluding hydrogens is 478 g/mol. The zero-order chi connectivity index (χ0) is 24.3. The second-order valence-electron chi connectivity index (χ2n) is 7.24. The van der Waals surface area contributed by atoms with E-state index in [2.05, 4.69) is 10.3 Å². The van der Waals surface area contributed by atoms with Crippen molar-refractivity contribution < 1.29 is 27.2 Å².